The Morgan fingerprint density at radius 2 is 2.24 bits per heavy atom. The summed E-state index contributed by atoms with van der Waals surface area (Å²) in [6.45, 7) is 4.99. The third kappa shape index (κ3) is 3.20. The summed E-state index contributed by atoms with van der Waals surface area (Å²) in [5.74, 6) is 1.77. The van der Waals surface area contributed by atoms with E-state index in [1.165, 1.54) is 0 Å². The van der Waals surface area contributed by atoms with Crippen molar-refractivity contribution < 1.29 is 8.42 Å². The number of aromatic nitrogens is 2. The molecule has 0 bridgehead atoms. The van der Waals surface area contributed by atoms with Gasteiger partial charge in [-0.15, -0.1) is 0 Å². The molecule has 1 aromatic heterocycles. The highest BCUT2D eigenvalue weighted by Gasteiger charge is 2.40. The number of imidazole rings is 1. The maximum absolute atomic E-state index is 12.0. The van der Waals surface area contributed by atoms with E-state index in [2.05, 4.69) is 15.3 Å². The molecule has 1 aliphatic rings. The molecule has 0 unspecified atom stereocenters. The molecule has 0 spiro atoms. The summed E-state index contributed by atoms with van der Waals surface area (Å²) in [5.41, 5.74) is 0. The first-order valence-corrected chi connectivity index (χ1v) is 8.56. The van der Waals surface area contributed by atoms with E-state index >= 15 is 0 Å². The zero-order chi connectivity index (χ0) is 15.7. The smallest absolute Gasteiger partial charge is 0.194 e. The van der Waals surface area contributed by atoms with E-state index in [0.29, 0.717) is 25.6 Å². The van der Waals surface area contributed by atoms with Gasteiger partial charge in [0.2, 0.25) is 0 Å². The molecule has 0 saturated carbocycles. The van der Waals surface area contributed by atoms with Crippen LogP contribution in [0.1, 0.15) is 19.7 Å². The quantitative estimate of drug-likeness (QED) is 0.614. The number of sulfone groups is 1. The summed E-state index contributed by atoms with van der Waals surface area (Å²) in [7, 11) is 0.598. The molecule has 0 aliphatic carbocycles. The summed E-state index contributed by atoms with van der Waals surface area (Å²) < 4.78 is 25.3. The molecule has 21 heavy (non-hydrogen) atoms. The molecule has 118 valence electrons. The predicted molar refractivity (Wildman–Crippen MR) is 82.8 cm³/mol. The summed E-state index contributed by atoms with van der Waals surface area (Å²) >= 11 is 0. The van der Waals surface area contributed by atoms with Crippen LogP contribution in [-0.4, -0.2) is 59.5 Å². The molecule has 1 aromatic rings. The summed E-state index contributed by atoms with van der Waals surface area (Å²) in [5, 5.41) is 3.25. The van der Waals surface area contributed by atoms with Crippen molar-refractivity contribution in [3.63, 3.8) is 0 Å². The maximum Gasteiger partial charge on any atom is 0.194 e. The highest BCUT2D eigenvalue weighted by Crippen LogP contribution is 2.23. The zero-order valence-electron chi connectivity index (χ0n) is 13.0. The molecule has 1 fully saturated rings. The van der Waals surface area contributed by atoms with Crippen LogP contribution in [0.3, 0.4) is 0 Å². The number of nitrogens with zero attached hydrogens (tertiary/aromatic N) is 4. The predicted octanol–water partition coefficient (Wildman–Crippen LogP) is 0.00450. The van der Waals surface area contributed by atoms with Gasteiger partial charge in [0.15, 0.2) is 15.8 Å². The molecule has 1 N–H and O–H groups in total. The first kappa shape index (κ1) is 15.8. The van der Waals surface area contributed by atoms with Crippen molar-refractivity contribution >= 4 is 15.8 Å². The Bertz CT molecular complexity index is 633. The van der Waals surface area contributed by atoms with Crippen LogP contribution in [0.2, 0.25) is 0 Å². The van der Waals surface area contributed by atoms with Gasteiger partial charge >= 0.3 is 0 Å². The lowest BCUT2D eigenvalue weighted by Gasteiger charge is -2.39. The molecule has 1 aliphatic heterocycles. The van der Waals surface area contributed by atoms with E-state index in [-0.39, 0.29) is 5.75 Å². The van der Waals surface area contributed by atoms with Crippen LogP contribution >= 0.6 is 0 Å². The summed E-state index contributed by atoms with van der Waals surface area (Å²) in [6.07, 6.45) is 3.63. The molecule has 2 heterocycles. The van der Waals surface area contributed by atoms with Gasteiger partial charge in [0.05, 0.1) is 17.0 Å². The average molecular weight is 313 g/mol. The minimum atomic E-state index is -3.04. The SMILES string of the molecule is CN=C(NCc1nccn1C)N1CCS(=O)(=O)C(C)(C)C1. The second-order valence-corrected chi connectivity index (χ2v) is 8.60. The van der Waals surface area contributed by atoms with Crippen molar-refractivity contribution in [2.75, 3.05) is 25.9 Å². The first-order valence-electron chi connectivity index (χ1n) is 6.91. The van der Waals surface area contributed by atoms with Crippen molar-refractivity contribution in [3.05, 3.63) is 18.2 Å². The van der Waals surface area contributed by atoms with Gasteiger partial charge in [0.1, 0.15) is 5.82 Å². The monoisotopic (exact) mass is 313 g/mol. The van der Waals surface area contributed by atoms with Gasteiger partial charge in [-0.05, 0) is 13.8 Å². The van der Waals surface area contributed by atoms with Gasteiger partial charge in [0, 0.05) is 39.6 Å². The zero-order valence-corrected chi connectivity index (χ0v) is 13.8. The Kier molecular flexibility index (Phi) is 4.27. The fraction of sp³-hybridized carbons (Fsp3) is 0.692. The highest BCUT2D eigenvalue weighted by molar-refractivity contribution is 7.92. The van der Waals surface area contributed by atoms with Gasteiger partial charge in [-0.2, -0.15) is 0 Å². The number of nitrogens with one attached hydrogen (secondary N) is 1. The van der Waals surface area contributed by atoms with Crippen molar-refractivity contribution in [2.24, 2.45) is 12.0 Å². The number of aliphatic imine (C=N–C) groups is 1. The molecule has 0 aromatic carbocycles. The molecule has 8 heteroatoms. The van der Waals surface area contributed by atoms with Crippen molar-refractivity contribution in [3.8, 4) is 0 Å². The largest absolute Gasteiger partial charge is 0.349 e. The number of guanidine groups is 1. The van der Waals surface area contributed by atoms with E-state index in [9.17, 15) is 8.42 Å². The minimum Gasteiger partial charge on any atom is -0.349 e. The normalized spacial score (nSPS) is 21.3. The maximum atomic E-state index is 12.0. The van der Waals surface area contributed by atoms with Crippen LogP contribution in [0.4, 0.5) is 0 Å². The van der Waals surface area contributed by atoms with Crippen molar-refractivity contribution in [2.45, 2.75) is 25.1 Å². The van der Waals surface area contributed by atoms with Crippen LogP contribution < -0.4 is 5.32 Å². The van der Waals surface area contributed by atoms with Crippen LogP contribution in [-0.2, 0) is 23.4 Å². The highest BCUT2D eigenvalue weighted by atomic mass is 32.2. The Balaban J connectivity index is 2.04. The minimum absolute atomic E-state index is 0.156. The molecule has 0 atom stereocenters. The number of aryl methyl sites for hydroxylation is 1. The van der Waals surface area contributed by atoms with Crippen molar-refractivity contribution in [1.82, 2.24) is 19.8 Å². The molecule has 1 saturated heterocycles. The second kappa shape index (κ2) is 5.67. The van der Waals surface area contributed by atoms with Crippen LogP contribution in [0, 0.1) is 0 Å². The fourth-order valence-corrected chi connectivity index (χ4v) is 3.75. The van der Waals surface area contributed by atoms with Gasteiger partial charge in [-0.25, -0.2) is 13.4 Å². The fourth-order valence-electron chi connectivity index (χ4n) is 2.38. The summed E-state index contributed by atoms with van der Waals surface area (Å²) in [4.78, 5) is 10.5. The Hall–Kier alpha value is -1.57. The summed E-state index contributed by atoms with van der Waals surface area (Å²) in [6, 6.07) is 0. The second-order valence-electron chi connectivity index (χ2n) is 5.86. The van der Waals surface area contributed by atoms with Gasteiger partial charge in [0.25, 0.3) is 0 Å². The van der Waals surface area contributed by atoms with Crippen LogP contribution in [0.15, 0.2) is 17.4 Å². The third-order valence-corrected chi connectivity index (χ3v) is 6.41. The molecular weight excluding hydrogens is 290 g/mol. The molecule has 0 amide bonds. The van der Waals surface area contributed by atoms with E-state index in [4.69, 9.17) is 0 Å². The Labute approximate surface area is 126 Å². The first-order chi connectivity index (χ1) is 9.77. The molecule has 7 nitrogen and oxygen atoms in total. The Morgan fingerprint density at radius 1 is 1.52 bits per heavy atom. The third-order valence-electron chi connectivity index (χ3n) is 3.88. The van der Waals surface area contributed by atoms with E-state index in [1.807, 2.05) is 22.7 Å². The lowest BCUT2D eigenvalue weighted by Crippen LogP contribution is -2.57. The Morgan fingerprint density at radius 3 is 2.76 bits per heavy atom. The van der Waals surface area contributed by atoms with Crippen LogP contribution in [0.25, 0.3) is 0 Å². The van der Waals surface area contributed by atoms with Gasteiger partial charge in [-0.3, -0.25) is 4.99 Å². The van der Waals surface area contributed by atoms with Crippen molar-refractivity contribution in [1.29, 1.82) is 0 Å². The number of hydrogen-bond acceptors (Lipinski definition) is 4. The van der Waals surface area contributed by atoms with E-state index < -0.39 is 14.6 Å². The lowest BCUT2D eigenvalue weighted by molar-refractivity contribution is 0.352. The lowest BCUT2D eigenvalue weighted by atomic mass is 10.2. The van der Waals surface area contributed by atoms with E-state index in [1.54, 1.807) is 27.1 Å². The van der Waals surface area contributed by atoms with Crippen LogP contribution in [0.5, 0.6) is 0 Å². The molecule has 2 rings (SSSR count). The average Bonchev–Trinajstić information content (AvgIpc) is 2.80. The molecule has 0 radical (unpaired) electrons. The van der Waals surface area contributed by atoms with E-state index in [0.717, 1.165) is 5.82 Å². The number of hydrogen-bond donors (Lipinski definition) is 1. The topological polar surface area (TPSA) is 79.6 Å². The van der Waals surface area contributed by atoms with Gasteiger partial charge < -0.3 is 14.8 Å². The number of rotatable bonds is 2. The van der Waals surface area contributed by atoms with Gasteiger partial charge in [-0.1, -0.05) is 0 Å². The standard InChI is InChI=1S/C13H23N5O2S/c1-13(2)10-18(7-8-21(13,19)20)12(14-3)16-9-11-15-5-6-17(11)4/h5-6H,7-10H2,1-4H3,(H,14,16). The molecular formula is C13H23N5O2S.